The van der Waals surface area contributed by atoms with Gasteiger partial charge >= 0.3 is 5.97 Å². The number of ether oxygens (including phenoxy) is 1. The Morgan fingerprint density at radius 1 is 1.27 bits per heavy atom. The van der Waals surface area contributed by atoms with Gasteiger partial charge in [0, 0.05) is 6.04 Å². The van der Waals surface area contributed by atoms with E-state index in [9.17, 15) is 4.79 Å². The van der Waals surface area contributed by atoms with Gasteiger partial charge < -0.3 is 10.5 Å². The Kier molecular flexibility index (Phi) is 2.53. The van der Waals surface area contributed by atoms with Crippen LogP contribution in [0.2, 0.25) is 0 Å². The third-order valence-corrected chi connectivity index (χ3v) is 3.37. The summed E-state index contributed by atoms with van der Waals surface area (Å²) in [7, 11) is 0. The third kappa shape index (κ3) is 2.51. The van der Waals surface area contributed by atoms with Crippen molar-refractivity contribution in [1.29, 1.82) is 0 Å². The smallest absolute Gasteiger partial charge is 0.309 e. The molecule has 1 unspecified atom stereocenters. The second kappa shape index (κ2) is 3.48. The number of hydrogen-bond acceptors (Lipinski definition) is 3. The van der Waals surface area contributed by atoms with Crippen molar-refractivity contribution in [2.45, 2.75) is 51.7 Å². The summed E-state index contributed by atoms with van der Waals surface area (Å²) in [6.45, 7) is 5.75. The Morgan fingerprint density at radius 2 is 1.87 bits per heavy atom. The fraction of sp³-hybridized carbons (Fsp3) is 0.917. The van der Waals surface area contributed by atoms with Crippen molar-refractivity contribution in [2.24, 2.45) is 23.5 Å². The molecule has 3 heteroatoms. The molecule has 0 aromatic rings. The Morgan fingerprint density at radius 3 is 2.33 bits per heavy atom. The first-order valence-corrected chi connectivity index (χ1v) is 5.85. The number of rotatable bonds is 2. The van der Waals surface area contributed by atoms with Gasteiger partial charge in [-0.2, -0.15) is 0 Å². The Bertz CT molecular complexity index is 263. The molecular weight excluding hydrogens is 190 g/mol. The fourth-order valence-electron chi connectivity index (χ4n) is 2.44. The lowest BCUT2D eigenvalue weighted by molar-refractivity contribution is -0.157. The van der Waals surface area contributed by atoms with Crippen molar-refractivity contribution in [3.05, 3.63) is 0 Å². The van der Waals surface area contributed by atoms with Crippen molar-refractivity contribution in [2.75, 3.05) is 0 Å². The topological polar surface area (TPSA) is 52.3 Å². The molecule has 0 bridgehead atoms. The Hall–Kier alpha value is -0.570. The first-order chi connectivity index (χ1) is 6.87. The minimum atomic E-state index is -0.347. The van der Waals surface area contributed by atoms with E-state index in [0.29, 0.717) is 17.9 Å². The van der Waals surface area contributed by atoms with Crippen molar-refractivity contribution < 1.29 is 9.53 Å². The molecule has 0 radical (unpaired) electrons. The van der Waals surface area contributed by atoms with Gasteiger partial charge in [0.05, 0.1) is 5.92 Å². The normalized spacial score (nSPS) is 39.5. The summed E-state index contributed by atoms with van der Waals surface area (Å²) in [6, 6.07) is 0.384. The van der Waals surface area contributed by atoms with Gasteiger partial charge in [-0.1, -0.05) is 0 Å². The molecule has 0 heterocycles. The highest BCUT2D eigenvalue weighted by molar-refractivity contribution is 5.76. The molecule has 0 aliphatic heterocycles. The lowest BCUT2D eigenvalue weighted by atomic mass is 9.77. The Balaban J connectivity index is 1.76. The molecular formula is C12H21NO2. The Labute approximate surface area is 91.4 Å². The molecule has 2 aliphatic carbocycles. The number of nitrogens with two attached hydrogens (primary N) is 1. The summed E-state index contributed by atoms with van der Waals surface area (Å²) in [5, 5.41) is 0. The van der Waals surface area contributed by atoms with E-state index in [4.69, 9.17) is 10.5 Å². The van der Waals surface area contributed by atoms with Crippen LogP contribution in [0.15, 0.2) is 0 Å². The predicted octanol–water partition coefficient (Wildman–Crippen LogP) is 1.70. The summed E-state index contributed by atoms with van der Waals surface area (Å²) in [5.41, 5.74) is 5.39. The van der Waals surface area contributed by atoms with Crippen LogP contribution in [0.1, 0.15) is 40.0 Å². The molecule has 2 rings (SSSR count). The van der Waals surface area contributed by atoms with E-state index in [-0.39, 0.29) is 17.5 Å². The molecule has 2 saturated carbocycles. The monoisotopic (exact) mass is 211 g/mol. The summed E-state index contributed by atoms with van der Waals surface area (Å²) >= 11 is 0. The molecule has 2 atom stereocenters. The van der Waals surface area contributed by atoms with Crippen LogP contribution in [0.5, 0.6) is 0 Å². The number of hydrogen-bond donors (Lipinski definition) is 1. The van der Waals surface area contributed by atoms with Gasteiger partial charge in [-0.25, -0.2) is 0 Å². The number of esters is 1. The molecule has 0 spiro atoms. The van der Waals surface area contributed by atoms with Gasteiger partial charge in [-0.05, 0) is 51.9 Å². The minimum Gasteiger partial charge on any atom is -0.460 e. The standard InChI is InChI=1S/C12H21NO2/c1-12(2,3)15-11(14)10-6-9(10)7-4-8(13)5-7/h7-10H,4-6,13H2,1-3H3/t7?,8?,9?,10-/m1/s1. The van der Waals surface area contributed by atoms with Gasteiger partial charge in [0.1, 0.15) is 5.60 Å². The molecule has 0 saturated heterocycles. The first kappa shape index (κ1) is 10.9. The SMILES string of the molecule is CC(C)(C)OC(=O)[C@@H]1CC1C1CC(N)C1. The number of carbonyl (C=O) groups is 1. The van der Waals surface area contributed by atoms with E-state index in [1.165, 1.54) is 0 Å². The van der Waals surface area contributed by atoms with E-state index < -0.39 is 0 Å². The molecule has 86 valence electrons. The van der Waals surface area contributed by atoms with Crippen LogP contribution in [0.4, 0.5) is 0 Å². The summed E-state index contributed by atoms with van der Waals surface area (Å²) in [4.78, 5) is 11.7. The molecule has 15 heavy (non-hydrogen) atoms. The second-order valence-electron chi connectivity index (χ2n) is 6.03. The highest BCUT2D eigenvalue weighted by atomic mass is 16.6. The minimum absolute atomic E-state index is 0.00651. The average Bonchev–Trinajstić information content (AvgIpc) is 2.73. The summed E-state index contributed by atoms with van der Waals surface area (Å²) in [5.74, 6) is 1.42. The van der Waals surface area contributed by atoms with Crippen LogP contribution in [0.3, 0.4) is 0 Å². The maximum Gasteiger partial charge on any atom is 0.309 e. The van der Waals surface area contributed by atoms with E-state index >= 15 is 0 Å². The zero-order valence-electron chi connectivity index (χ0n) is 9.82. The maximum absolute atomic E-state index is 11.7. The third-order valence-electron chi connectivity index (χ3n) is 3.37. The van der Waals surface area contributed by atoms with E-state index in [1.807, 2.05) is 20.8 Å². The predicted molar refractivity (Wildman–Crippen MR) is 58.1 cm³/mol. The van der Waals surface area contributed by atoms with Crippen molar-refractivity contribution in [3.63, 3.8) is 0 Å². The van der Waals surface area contributed by atoms with Gasteiger partial charge in [-0.3, -0.25) is 4.79 Å². The molecule has 2 aliphatic rings. The molecule has 0 aromatic carbocycles. The molecule has 3 nitrogen and oxygen atoms in total. The van der Waals surface area contributed by atoms with Gasteiger partial charge in [0.2, 0.25) is 0 Å². The largest absolute Gasteiger partial charge is 0.460 e. The van der Waals surface area contributed by atoms with Crippen LogP contribution in [0, 0.1) is 17.8 Å². The summed E-state index contributed by atoms with van der Waals surface area (Å²) < 4.78 is 5.37. The zero-order chi connectivity index (χ0) is 11.2. The maximum atomic E-state index is 11.7. The highest BCUT2D eigenvalue weighted by Crippen LogP contribution is 2.52. The van der Waals surface area contributed by atoms with Crippen LogP contribution in [-0.2, 0) is 9.53 Å². The first-order valence-electron chi connectivity index (χ1n) is 5.85. The highest BCUT2D eigenvalue weighted by Gasteiger charge is 2.52. The van der Waals surface area contributed by atoms with E-state index in [2.05, 4.69) is 0 Å². The van der Waals surface area contributed by atoms with Crippen LogP contribution < -0.4 is 5.73 Å². The molecule has 2 fully saturated rings. The summed E-state index contributed by atoms with van der Waals surface area (Å²) in [6.07, 6.45) is 3.22. The number of carbonyl (C=O) groups excluding carboxylic acids is 1. The second-order valence-corrected chi connectivity index (χ2v) is 6.03. The van der Waals surface area contributed by atoms with Gasteiger partial charge in [-0.15, -0.1) is 0 Å². The fourth-order valence-corrected chi connectivity index (χ4v) is 2.44. The average molecular weight is 211 g/mol. The lowest BCUT2D eigenvalue weighted by Gasteiger charge is -2.32. The van der Waals surface area contributed by atoms with Crippen molar-refractivity contribution in [1.82, 2.24) is 0 Å². The van der Waals surface area contributed by atoms with Crippen LogP contribution in [0.25, 0.3) is 0 Å². The molecule has 0 aromatic heterocycles. The van der Waals surface area contributed by atoms with Gasteiger partial charge in [0.15, 0.2) is 0 Å². The molecule has 2 N–H and O–H groups in total. The molecule has 0 amide bonds. The quantitative estimate of drug-likeness (QED) is 0.707. The van der Waals surface area contributed by atoms with Gasteiger partial charge in [0.25, 0.3) is 0 Å². The van der Waals surface area contributed by atoms with E-state index in [1.54, 1.807) is 0 Å². The van der Waals surface area contributed by atoms with Crippen LogP contribution in [-0.4, -0.2) is 17.6 Å². The lowest BCUT2D eigenvalue weighted by Crippen LogP contribution is -2.38. The van der Waals surface area contributed by atoms with Crippen molar-refractivity contribution in [3.8, 4) is 0 Å². The van der Waals surface area contributed by atoms with Crippen LogP contribution >= 0.6 is 0 Å². The van der Waals surface area contributed by atoms with Crippen molar-refractivity contribution >= 4 is 5.97 Å². The van der Waals surface area contributed by atoms with E-state index in [0.717, 1.165) is 19.3 Å². The zero-order valence-corrected chi connectivity index (χ0v) is 9.82.